The van der Waals surface area contributed by atoms with Gasteiger partial charge in [-0.15, -0.1) is 0 Å². The Morgan fingerprint density at radius 2 is 1.55 bits per heavy atom. The molecule has 0 aliphatic carbocycles. The number of amides is 4. The molecular formula is C25H27N5O3. The quantitative estimate of drug-likeness (QED) is 0.588. The van der Waals surface area contributed by atoms with Crippen molar-refractivity contribution < 1.29 is 14.4 Å². The summed E-state index contributed by atoms with van der Waals surface area (Å²) in [5.74, 6) is -0.934. The highest BCUT2D eigenvalue weighted by atomic mass is 16.2. The number of rotatable bonds is 5. The van der Waals surface area contributed by atoms with Crippen molar-refractivity contribution in [1.29, 1.82) is 0 Å². The van der Waals surface area contributed by atoms with E-state index >= 15 is 0 Å². The number of hydrogen-bond acceptors (Lipinski definition) is 4. The fourth-order valence-corrected chi connectivity index (χ4v) is 4.01. The monoisotopic (exact) mass is 445 g/mol. The molecule has 1 aliphatic rings. The van der Waals surface area contributed by atoms with Crippen LogP contribution >= 0.6 is 0 Å². The summed E-state index contributed by atoms with van der Waals surface area (Å²) in [4.78, 5) is 39.5. The third-order valence-corrected chi connectivity index (χ3v) is 6.04. The topological polar surface area (TPSA) is 96.3 Å². The van der Waals surface area contributed by atoms with E-state index in [-0.39, 0.29) is 6.54 Å². The van der Waals surface area contributed by atoms with Gasteiger partial charge >= 0.3 is 6.03 Å². The first-order valence-corrected chi connectivity index (χ1v) is 10.7. The molecule has 1 saturated heterocycles. The van der Waals surface area contributed by atoms with Crippen molar-refractivity contribution >= 4 is 23.5 Å². The highest BCUT2D eigenvalue weighted by molar-refractivity contribution is 6.10. The fraction of sp³-hybridized carbons (Fsp3) is 0.280. The Balaban J connectivity index is 1.51. The average molecular weight is 446 g/mol. The molecule has 2 heterocycles. The van der Waals surface area contributed by atoms with E-state index in [2.05, 4.69) is 15.7 Å². The van der Waals surface area contributed by atoms with Crippen molar-refractivity contribution in [2.45, 2.75) is 40.2 Å². The number of aryl methyl sites for hydroxylation is 3. The van der Waals surface area contributed by atoms with E-state index in [1.54, 1.807) is 18.5 Å². The van der Waals surface area contributed by atoms with Crippen LogP contribution in [0.3, 0.4) is 0 Å². The molecule has 0 spiro atoms. The lowest BCUT2D eigenvalue weighted by Gasteiger charge is -2.22. The first-order valence-electron chi connectivity index (χ1n) is 10.7. The zero-order valence-electron chi connectivity index (χ0n) is 19.4. The van der Waals surface area contributed by atoms with E-state index in [1.165, 1.54) is 0 Å². The van der Waals surface area contributed by atoms with Crippen molar-refractivity contribution in [3.05, 3.63) is 76.6 Å². The van der Waals surface area contributed by atoms with Gasteiger partial charge in [0.15, 0.2) is 0 Å². The molecule has 0 radical (unpaired) electrons. The van der Waals surface area contributed by atoms with Crippen LogP contribution in [0.25, 0.3) is 5.69 Å². The maximum atomic E-state index is 13.1. The standard InChI is InChI=1S/C25H27N5O3/c1-15-6-10-19(11-7-15)25(5)23(32)29(24(33)27-25)14-21(31)26-22-17(3)28-30(18(22)4)20-12-8-16(2)9-13-20/h6-13H,14H2,1-5H3,(H,26,31)(H,27,33). The normalized spacial score (nSPS) is 17.9. The maximum Gasteiger partial charge on any atom is 0.325 e. The van der Waals surface area contributed by atoms with Crippen LogP contribution in [0.15, 0.2) is 48.5 Å². The SMILES string of the molecule is Cc1ccc(-n2nc(C)c(NC(=O)CN3C(=O)NC(C)(c4ccc(C)cc4)C3=O)c2C)cc1. The van der Waals surface area contributed by atoms with E-state index < -0.39 is 23.4 Å². The van der Waals surface area contributed by atoms with Crippen LogP contribution in [0, 0.1) is 27.7 Å². The van der Waals surface area contributed by atoms with Crippen LogP contribution in [-0.2, 0) is 15.1 Å². The number of urea groups is 1. The van der Waals surface area contributed by atoms with Crippen LogP contribution in [0.5, 0.6) is 0 Å². The molecule has 2 N–H and O–H groups in total. The Labute approximate surface area is 192 Å². The highest BCUT2D eigenvalue weighted by Crippen LogP contribution is 2.29. The first kappa shape index (κ1) is 22.3. The van der Waals surface area contributed by atoms with Gasteiger partial charge in [0.25, 0.3) is 5.91 Å². The summed E-state index contributed by atoms with van der Waals surface area (Å²) in [5, 5.41) is 10.1. The first-order chi connectivity index (χ1) is 15.6. The van der Waals surface area contributed by atoms with Gasteiger partial charge in [-0.2, -0.15) is 5.10 Å². The predicted molar refractivity (Wildman–Crippen MR) is 125 cm³/mol. The van der Waals surface area contributed by atoms with Gasteiger partial charge in [-0.05, 0) is 52.3 Å². The zero-order valence-corrected chi connectivity index (χ0v) is 19.4. The molecule has 4 amide bonds. The number of imide groups is 1. The second-order valence-corrected chi connectivity index (χ2v) is 8.65. The van der Waals surface area contributed by atoms with Gasteiger partial charge < -0.3 is 10.6 Å². The van der Waals surface area contributed by atoms with Gasteiger partial charge in [-0.3, -0.25) is 14.5 Å². The van der Waals surface area contributed by atoms with Crippen molar-refractivity contribution in [3.8, 4) is 5.69 Å². The van der Waals surface area contributed by atoms with Crippen LogP contribution in [0.2, 0.25) is 0 Å². The molecular weight excluding hydrogens is 418 g/mol. The van der Waals surface area contributed by atoms with Crippen LogP contribution in [0.1, 0.15) is 35.0 Å². The second kappa shape index (κ2) is 8.20. The van der Waals surface area contributed by atoms with Gasteiger partial charge in [0, 0.05) is 0 Å². The summed E-state index contributed by atoms with van der Waals surface area (Å²) in [7, 11) is 0. The Morgan fingerprint density at radius 3 is 2.15 bits per heavy atom. The number of carbonyl (C=O) groups excluding carboxylic acids is 3. The molecule has 33 heavy (non-hydrogen) atoms. The van der Waals surface area contributed by atoms with E-state index in [0.717, 1.165) is 27.4 Å². The van der Waals surface area contributed by atoms with Crippen molar-refractivity contribution in [3.63, 3.8) is 0 Å². The molecule has 1 unspecified atom stereocenters. The Kier molecular flexibility index (Phi) is 5.53. The van der Waals surface area contributed by atoms with Gasteiger partial charge in [-0.1, -0.05) is 47.5 Å². The molecule has 1 aromatic heterocycles. The van der Waals surface area contributed by atoms with Crippen LogP contribution < -0.4 is 10.6 Å². The minimum atomic E-state index is -1.22. The largest absolute Gasteiger partial charge is 0.325 e. The smallest absolute Gasteiger partial charge is 0.321 e. The fourth-order valence-electron chi connectivity index (χ4n) is 4.01. The van der Waals surface area contributed by atoms with Crippen molar-refractivity contribution in [1.82, 2.24) is 20.0 Å². The lowest BCUT2D eigenvalue weighted by Crippen LogP contribution is -2.42. The molecule has 1 atom stereocenters. The second-order valence-electron chi connectivity index (χ2n) is 8.65. The number of carbonyl (C=O) groups is 3. The average Bonchev–Trinajstić information content (AvgIpc) is 3.17. The number of hydrogen-bond donors (Lipinski definition) is 2. The minimum absolute atomic E-state index is 0.388. The summed E-state index contributed by atoms with van der Waals surface area (Å²) >= 11 is 0. The molecule has 1 aliphatic heterocycles. The Hall–Kier alpha value is -3.94. The van der Waals surface area contributed by atoms with Crippen LogP contribution in [-0.4, -0.2) is 39.1 Å². The lowest BCUT2D eigenvalue weighted by atomic mass is 9.91. The number of benzene rings is 2. The third-order valence-electron chi connectivity index (χ3n) is 6.04. The molecule has 3 aromatic rings. The number of nitrogens with zero attached hydrogens (tertiary/aromatic N) is 3. The van der Waals surface area contributed by atoms with Crippen LogP contribution in [0.4, 0.5) is 10.5 Å². The van der Waals surface area contributed by atoms with E-state index in [0.29, 0.717) is 16.9 Å². The van der Waals surface area contributed by atoms with E-state index in [1.807, 2.05) is 69.3 Å². The molecule has 8 nitrogen and oxygen atoms in total. The lowest BCUT2D eigenvalue weighted by molar-refractivity contribution is -0.133. The molecule has 0 saturated carbocycles. The number of anilines is 1. The molecule has 0 bridgehead atoms. The van der Waals surface area contributed by atoms with Gasteiger partial charge in [0.1, 0.15) is 12.1 Å². The molecule has 4 rings (SSSR count). The molecule has 8 heteroatoms. The molecule has 1 fully saturated rings. The predicted octanol–water partition coefficient (Wildman–Crippen LogP) is 3.51. The number of aromatic nitrogens is 2. The summed E-state index contributed by atoms with van der Waals surface area (Å²) < 4.78 is 1.76. The molecule has 170 valence electrons. The number of nitrogens with one attached hydrogen (secondary N) is 2. The van der Waals surface area contributed by atoms with Crippen molar-refractivity contribution in [2.75, 3.05) is 11.9 Å². The van der Waals surface area contributed by atoms with E-state index in [4.69, 9.17) is 0 Å². The summed E-state index contributed by atoms with van der Waals surface area (Å²) in [6.07, 6.45) is 0. The summed E-state index contributed by atoms with van der Waals surface area (Å²) in [6.45, 7) is 8.88. The van der Waals surface area contributed by atoms with Gasteiger partial charge in [0.05, 0.1) is 22.8 Å². The minimum Gasteiger partial charge on any atom is -0.321 e. The Morgan fingerprint density at radius 1 is 0.970 bits per heavy atom. The maximum absolute atomic E-state index is 13.1. The highest BCUT2D eigenvalue weighted by Gasteiger charge is 2.49. The Bertz CT molecular complexity index is 1240. The zero-order chi connectivity index (χ0) is 23.9. The van der Waals surface area contributed by atoms with Gasteiger partial charge in [-0.25, -0.2) is 9.48 Å². The third kappa shape index (κ3) is 4.00. The van der Waals surface area contributed by atoms with Gasteiger partial charge in [0.2, 0.25) is 5.91 Å². The molecule has 2 aromatic carbocycles. The van der Waals surface area contributed by atoms with Crippen molar-refractivity contribution in [2.24, 2.45) is 0 Å². The summed E-state index contributed by atoms with van der Waals surface area (Å²) in [6, 6.07) is 14.7. The van der Waals surface area contributed by atoms with E-state index in [9.17, 15) is 14.4 Å². The summed E-state index contributed by atoms with van der Waals surface area (Å²) in [5.41, 5.74) is 4.48.